The Labute approximate surface area is 91.2 Å². The van der Waals surface area contributed by atoms with E-state index in [1.165, 1.54) is 0 Å². The van der Waals surface area contributed by atoms with Crippen LogP contribution in [0.15, 0.2) is 0 Å². The molecular formula is C10H20ClNO2. The molecule has 0 aromatic rings. The van der Waals surface area contributed by atoms with E-state index in [9.17, 15) is 4.79 Å². The average Bonchev–Trinajstić information content (AvgIpc) is 2.19. The van der Waals surface area contributed by atoms with Crippen LogP contribution in [-0.4, -0.2) is 31.5 Å². The van der Waals surface area contributed by atoms with E-state index in [0.717, 1.165) is 12.8 Å². The fourth-order valence-corrected chi connectivity index (χ4v) is 1.32. The quantitative estimate of drug-likeness (QED) is 0.502. The maximum atomic E-state index is 11.4. The first-order chi connectivity index (χ1) is 6.76. The predicted molar refractivity (Wildman–Crippen MR) is 58.6 cm³/mol. The van der Waals surface area contributed by atoms with Crippen molar-refractivity contribution in [2.75, 3.05) is 25.6 Å². The molecule has 1 N–H and O–H groups in total. The minimum absolute atomic E-state index is 0.129. The largest absolute Gasteiger partial charge is 0.378 e. The van der Waals surface area contributed by atoms with Crippen LogP contribution in [0.2, 0.25) is 0 Å². The van der Waals surface area contributed by atoms with Crippen LogP contribution in [0.5, 0.6) is 0 Å². The molecule has 84 valence electrons. The van der Waals surface area contributed by atoms with Crippen LogP contribution in [-0.2, 0) is 9.53 Å². The summed E-state index contributed by atoms with van der Waals surface area (Å²) in [5.41, 5.74) is 0. The number of hydrogen-bond acceptors (Lipinski definition) is 2. The second-order valence-corrected chi connectivity index (χ2v) is 3.48. The first kappa shape index (κ1) is 13.7. The summed E-state index contributed by atoms with van der Waals surface area (Å²) in [6.07, 6.45) is 1.79. The number of hydrogen-bond donors (Lipinski definition) is 1. The normalized spacial score (nSPS) is 10.6. The van der Waals surface area contributed by atoms with E-state index < -0.39 is 0 Å². The number of nitrogens with one attached hydrogen (secondary N) is 1. The van der Waals surface area contributed by atoms with E-state index in [-0.39, 0.29) is 11.8 Å². The molecule has 0 saturated heterocycles. The lowest BCUT2D eigenvalue weighted by Gasteiger charge is -2.12. The summed E-state index contributed by atoms with van der Waals surface area (Å²) in [7, 11) is 0. The van der Waals surface area contributed by atoms with Gasteiger partial charge >= 0.3 is 0 Å². The maximum Gasteiger partial charge on any atom is 0.223 e. The van der Waals surface area contributed by atoms with Crippen molar-refractivity contribution in [2.45, 2.75) is 26.7 Å². The van der Waals surface area contributed by atoms with E-state index >= 15 is 0 Å². The van der Waals surface area contributed by atoms with Crippen LogP contribution in [0.25, 0.3) is 0 Å². The summed E-state index contributed by atoms with van der Waals surface area (Å²) in [4.78, 5) is 11.4. The van der Waals surface area contributed by atoms with Crippen molar-refractivity contribution < 1.29 is 9.53 Å². The van der Waals surface area contributed by atoms with Crippen molar-refractivity contribution in [2.24, 2.45) is 5.92 Å². The average molecular weight is 222 g/mol. The second kappa shape index (κ2) is 9.28. The number of amides is 1. The zero-order chi connectivity index (χ0) is 10.8. The van der Waals surface area contributed by atoms with Crippen molar-refractivity contribution in [3.05, 3.63) is 0 Å². The highest BCUT2D eigenvalue weighted by molar-refractivity contribution is 6.17. The van der Waals surface area contributed by atoms with Gasteiger partial charge < -0.3 is 10.1 Å². The fourth-order valence-electron chi connectivity index (χ4n) is 1.21. The van der Waals surface area contributed by atoms with Crippen molar-refractivity contribution in [3.63, 3.8) is 0 Å². The maximum absolute atomic E-state index is 11.4. The van der Waals surface area contributed by atoms with Crippen LogP contribution in [0.3, 0.4) is 0 Å². The molecule has 0 bridgehead atoms. The molecule has 0 aliphatic heterocycles. The van der Waals surface area contributed by atoms with Gasteiger partial charge in [0.15, 0.2) is 0 Å². The number of rotatable bonds is 8. The summed E-state index contributed by atoms with van der Waals surface area (Å²) in [5.74, 6) is 0.771. The highest BCUT2D eigenvalue weighted by Crippen LogP contribution is 2.06. The Morgan fingerprint density at radius 2 is 2.00 bits per heavy atom. The number of carbonyl (C=O) groups is 1. The molecule has 0 heterocycles. The molecule has 0 atom stereocenters. The molecule has 0 aromatic carbocycles. The van der Waals surface area contributed by atoms with Gasteiger partial charge in [0.1, 0.15) is 0 Å². The number of alkyl halides is 1. The van der Waals surface area contributed by atoms with E-state index in [1.807, 2.05) is 13.8 Å². The Hall–Kier alpha value is -0.280. The summed E-state index contributed by atoms with van der Waals surface area (Å²) in [6, 6.07) is 0. The summed E-state index contributed by atoms with van der Waals surface area (Å²) in [6.45, 7) is 5.71. The van der Waals surface area contributed by atoms with Gasteiger partial charge in [-0.2, -0.15) is 0 Å². The van der Waals surface area contributed by atoms with E-state index in [1.54, 1.807) is 0 Å². The zero-order valence-electron chi connectivity index (χ0n) is 9.01. The molecule has 0 unspecified atom stereocenters. The fraction of sp³-hybridized carbons (Fsp3) is 0.900. The van der Waals surface area contributed by atoms with Crippen LogP contribution in [0.1, 0.15) is 26.7 Å². The molecule has 1 amide bonds. The summed E-state index contributed by atoms with van der Waals surface area (Å²) < 4.78 is 5.13. The van der Waals surface area contributed by atoms with E-state index in [0.29, 0.717) is 25.6 Å². The lowest BCUT2D eigenvalue weighted by atomic mass is 10.0. The Morgan fingerprint density at radius 1 is 1.36 bits per heavy atom. The molecule has 3 nitrogen and oxygen atoms in total. The Bertz CT molecular complexity index is 149. The number of ether oxygens (including phenoxy) is 1. The predicted octanol–water partition coefficient (Wildman–Crippen LogP) is 1.79. The van der Waals surface area contributed by atoms with Crippen LogP contribution in [0.4, 0.5) is 0 Å². The molecule has 0 radical (unpaired) electrons. The van der Waals surface area contributed by atoms with Gasteiger partial charge in [0.25, 0.3) is 0 Å². The molecular weight excluding hydrogens is 202 g/mol. The number of carbonyl (C=O) groups excluding carboxylic acids is 1. The smallest absolute Gasteiger partial charge is 0.223 e. The van der Waals surface area contributed by atoms with Gasteiger partial charge in [-0.3, -0.25) is 4.79 Å². The van der Waals surface area contributed by atoms with Crippen molar-refractivity contribution >= 4 is 17.5 Å². The second-order valence-electron chi connectivity index (χ2n) is 3.11. The molecule has 4 heteroatoms. The highest BCUT2D eigenvalue weighted by atomic mass is 35.5. The number of halogens is 1. The van der Waals surface area contributed by atoms with Gasteiger partial charge in [-0.05, 0) is 12.8 Å². The van der Waals surface area contributed by atoms with Gasteiger partial charge in [0, 0.05) is 18.3 Å². The third-order valence-corrected chi connectivity index (χ3v) is 2.28. The molecule has 0 saturated carbocycles. The Morgan fingerprint density at radius 3 is 2.50 bits per heavy atom. The molecule has 0 spiro atoms. The minimum atomic E-state index is 0.129. The van der Waals surface area contributed by atoms with Gasteiger partial charge in [-0.1, -0.05) is 13.8 Å². The van der Waals surface area contributed by atoms with Gasteiger partial charge in [0.2, 0.25) is 5.91 Å². The van der Waals surface area contributed by atoms with Crippen LogP contribution in [0, 0.1) is 5.92 Å². The molecule has 0 aliphatic rings. The van der Waals surface area contributed by atoms with Crippen molar-refractivity contribution in [1.82, 2.24) is 5.32 Å². The standard InChI is InChI=1S/C10H20ClNO2/c1-3-9(4-2)10(13)12-6-8-14-7-5-11/h9H,3-8H2,1-2H3,(H,12,13). The Balaban J connectivity index is 3.43. The minimum Gasteiger partial charge on any atom is -0.378 e. The lowest BCUT2D eigenvalue weighted by molar-refractivity contribution is -0.125. The zero-order valence-corrected chi connectivity index (χ0v) is 9.77. The monoisotopic (exact) mass is 221 g/mol. The SMILES string of the molecule is CCC(CC)C(=O)NCCOCCCl. The van der Waals surface area contributed by atoms with E-state index in [4.69, 9.17) is 16.3 Å². The Kier molecular flexibility index (Phi) is 9.10. The topological polar surface area (TPSA) is 38.3 Å². The summed E-state index contributed by atoms with van der Waals surface area (Å²) in [5, 5.41) is 2.84. The van der Waals surface area contributed by atoms with Crippen molar-refractivity contribution in [3.8, 4) is 0 Å². The first-order valence-corrected chi connectivity index (χ1v) is 5.71. The van der Waals surface area contributed by atoms with Crippen LogP contribution < -0.4 is 5.32 Å². The van der Waals surface area contributed by atoms with Gasteiger partial charge in [-0.25, -0.2) is 0 Å². The van der Waals surface area contributed by atoms with E-state index in [2.05, 4.69) is 5.32 Å². The van der Waals surface area contributed by atoms with Gasteiger partial charge in [-0.15, -0.1) is 11.6 Å². The highest BCUT2D eigenvalue weighted by Gasteiger charge is 2.12. The third kappa shape index (κ3) is 6.22. The van der Waals surface area contributed by atoms with Crippen molar-refractivity contribution in [1.29, 1.82) is 0 Å². The first-order valence-electron chi connectivity index (χ1n) is 5.17. The van der Waals surface area contributed by atoms with Crippen LogP contribution >= 0.6 is 11.6 Å². The summed E-state index contributed by atoms with van der Waals surface area (Å²) >= 11 is 5.43. The molecule has 0 rings (SSSR count). The molecule has 14 heavy (non-hydrogen) atoms. The third-order valence-electron chi connectivity index (χ3n) is 2.12. The molecule has 0 aliphatic carbocycles. The molecule has 0 fully saturated rings. The van der Waals surface area contributed by atoms with Gasteiger partial charge in [0.05, 0.1) is 13.2 Å². The molecule has 0 aromatic heterocycles. The lowest BCUT2D eigenvalue weighted by Crippen LogP contribution is -2.32.